The molecule has 25 heavy (non-hydrogen) atoms. The van der Waals surface area contributed by atoms with E-state index in [1.54, 1.807) is 19.1 Å². The number of nitrogens with one attached hydrogen (secondary N) is 1. The van der Waals surface area contributed by atoms with Crippen LogP contribution in [0.25, 0.3) is 0 Å². The number of ether oxygens (including phenoxy) is 1. The molecule has 1 atom stereocenters. The van der Waals surface area contributed by atoms with Crippen molar-refractivity contribution < 1.29 is 22.5 Å². The molecule has 0 aliphatic heterocycles. The molecule has 134 valence electrons. The maximum Gasteiger partial charge on any atom is 0.288 e. The Morgan fingerprint density at radius 1 is 1.28 bits per heavy atom. The van der Waals surface area contributed by atoms with Crippen LogP contribution in [0.1, 0.15) is 6.92 Å². The Morgan fingerprint density at radius 2 is 1.96 bits per heavy atom. The van der Waals surface area contributed by atoms with E-state index in [4.69, 9.17) is 4.74 Å². The number of para-hydroxylation sites is 1. The molecule has 2 aromatic carbocycles. The largest absolute Gasteiger partial charge is 0.486 e. The van der Waals surface area contributed by atoms with Gasteiger partial charge in [0.1, 0.15) is 11.0 Å². The molecule has 0 amide bonds. The second kappa shape index (κ2) is 7.47. The fourth-order valence-corrected chi connectivity index (χ4v) is 3.00. The van der Waals surface area contributed by atoms with Crippen LogP contribution in [-0.2, 0) is 9.84 Å². The van der Waals surface area contributed by atoms with Gasteiger partial charge in [-0.1, -0.05) is 12.1 Å². The summed E-state index contributed by atoms with van der Waals surface area (Å²) in [5.41, 5.74) is -0.0984. The number of anilines is 1. The van der Waals surface area contributed by atoms with Crippen molar-refractivity contribution in [1.29, 1.82) is 0 Å². The Morgan fingerprint density at radius 3 is 2.56 bits per heavy atom. The Bertz CT molecular complexity index is 886. The molecule has 0 heterocycles. The first-order valence-corrected chi connectivity index (χ1v) is 9.21. The lowest BCUT2D eigenvalue weighted by Gasteiger charge is -2.17. The van der Waals surface area contributed by atoms with Crippen LogP contribution in [0.5, 0.6) is 5.75 Å². The van der Waals surface area contributed by atoms with E-state index in [-0.39, 0.29) is 17.2 Å². The molecule has 0 saturated heterocycles. The van der Waals surface area contributed by atoms with Crippen molar-refractivity contribution in [2.75, 3.05) is 18.1 Å². The highest BCUT2D eigenvalue weighted by atomic mass is 32.2. The van der Waals surface area contributed by atoms with Crippen LogP contribution in [0.4, 0.5) is 15.8 Å². The number of hydrogen-bond donors (Lipinski definition) is 1. The summed E-state index contributed by atoms with van der Waals surface area (Å²) >= 11 is 0. The molecule has 1 N–H and O–H groups in total. The maximum atomic E-state index is 13.5. The van der Waals surface area contributed by atoms with E-state index in [9.17, 15) is 22.9 Å². The van der Waals surface area contributed by atoms with Crippen molar-refractivity contribution in [3.63, 3.8) is 0 Å². The van der Waals surface area contributed by atoms with E-state index in [2.05, 4.69) is 5.32 Å². The second-order valence-corrected chi connectivity index (χ2v) is 7.44. The fraction of sp³-hybridized carbons (Fsp3) is 0.250. The van der Waals surface area contributed by atoms with Crippen molar-refractivity contribution in [3.05, 3.63) is 58.4 Å². The van der Waals surface area contributed by atoms with Gasteiger partial charge in [-0.2, -0.15) is 0 Å². The van der Waals surface area contributed by atoms with Gasteiger partial charge in [-0.15, -0.1) is 0 Å². The SMILES string of the molecule is CC(CNc1ccc([N+](=O)[O-])c(S(C)(=O)=O)c1)Oc1ccccc1F. The quantitative estimate of drug-likeness (QED) is 0.596. The van der Waals surface area contributed by atoms with Gasteiger partial charge in [0.25, 0.3) is 5.69 Å². The Kier molecular flexibility index (Phi) is 5.58. The van der Waals surface area contributed by atoms with Crippen molar-refractivity contribution in [2.24, 2.45) is 0 Å². The van der Waals surface area contributed by atoms with Gasteiger partial charge >= 0.3 is 0 Å². The highest BCUT2D eigenvalue weighted by molar-refractivity contribution is 7.90. The normalized spacial score (nSPS) is 12.4. The van der Waals surface area contributed by atoms with Gasteiger partial charge in [0, 0.05) is 18.0 Å². The molecule has 0 bridgehead atoms. The Labute approximate surface area is 144 Å². The zero-order valence-electron chi connectivity index (χ0n) is 13.6. The summed E-state index contributed by atoms with van der Waals surface area (Å²) in [6.45, 7) is 1.96. The molecule has 0 radical (unpaired) electrons. The molecule has 0 saturated carbocycles. The van der Waals surface area contributed by atoms with Gasteiger partial charge in [-0.25, -0.2) is 12.8 Å². The first-order valence-electron chi connectivity index (χ1n) is 7.32. The van der Waals surface area contributed by atoms with Gasteiger partial charge in [-0.05, 0) is 31.2 Å². The van der Waals surface area contributed by atoms with Crippen LogP contribution in [0.2, 0.25) is 0 Å². The van der Waals surface area contributed by atoms with Gasteiger partial charge < -0.3 is 10.1 Å². The number of rotatable bonds is 7. The van der Waals surface area contributed by atoms with Gasteiger partial charge in [-0.3, -0.25) is 10.1 Å². The number of nitro groups is 1. The van der Waals surface area contributed by atoms with E-state index in [0.29, 0.717) is 5.69 Å². The van der Waals surface area contributed by atoms with Crippen LogP contribution < -0.4 is 10.1 Å². The van der Waals surface area contributed by atoms with E-state index in [1.165, 1.54) is 24.3 Å². The molecular formula is C16H17FN2O5S. The minimum Gasteiger partial charge on any atom is -0.486 e. The summed E-state index contributed by atoms with van der Waals surface area (Å²) in [6, 6.07) is 9.71. The zero-order valence-corrected chi connectivity index (χ0v) is 14.4. The Hall–Kier alpha value is -2.68. The zero-order chi connectivity index (χ0) is 18.6. The number of nitro benzene ring substituents is 1. The fourth-order valence-electron chi connectivity index (χ4n) is 2.13. The average molecular weight is 368 g/mol. The average Bonchev–Trinajstić information content (AvgIpc) is 2.54. The highest BCUT2D eigenvalue weighted by Crippen LogP contribution is 2.27. The summed E-state index contributed by atoms with van der Waals surface area (Å²) < 4.78 is 42.5. The molecule has 2 rings (SSSR count). The molecule has 0 aromatic heterocycles. The maximum absolute atomic E-state index is 13.5. The number of halogens is 1. The summed E-state index contributed by atoms with van der Waals surface area (Å²) in [4.78, 5) is 9.83. The lowest BCUT2D eigenvalue weighted by molar-refractivity contribution is -0.387. The third-order valence-electron chi connectivity index (χ3n) is 3.31. The van der Waals surface area contributed by atoms with Crippen LogP contribution in [0.3, 0.4) is 0 Å². The van der Waals surface area contributed by atoms with Gasteiger partial charge in [0.05, 0.1) is 11.5 Å². The first-order chi connectivity index (χ1) is 11.7. The van der Waals surface area contributed by atoms with Crippen LogP contribution in [0, 0.1) is 15.9 Å². The molecule has 1 unspecified atom stereocenters. The van der Waals surface area contributed by atoms with Crippen LogP contribution in [0.15, 0.2) is 47.4 Å². The number of nitrogens with zero attached hydrogens (tertiary/aromatic N) is 1. The standard InChI is InChI=1S/C16H17FN2O5S/c1-11(24-15-6-4-3-5-13(15)17)10-18-12-7-8-14(19(20)21)16(9-12)25(2,22)23/h3-9,11,18H,10H2,1-2H3. The predicted molar refractivity (Wildman–Crippen MR) is 91.2 cm³/mol. The monoisotopic (exact) mass is 368 g/mol. The van der Waals surface area contributed by atoms with Crippen molar-refractivity contribution >= 4 is 21.2 Å². The van der Waals surface area contributed by atoms with E-state index < -0.39 is 32.4 Å². The number of hydrogen-bond acceptors (Lipinski definition) is 6. The smallest absolute Gasteiger partial charge is 0.288 e. The number of benzene rings is 2. The van der Waals surface area contributed by atoms with Crippen molar-refractivity contribution in [1.82, 2.24) is 0 Å². The summed E-state index contributed by atoms with van der Waals surface area (Å²) in [5, 5.41) is 13.9. The molecule has 7 nitrogen and oxygen atoms in total. The van der Waals surface area contributed by atoms with Crippen LogP contribution in [-0.4, -0.2) is 32.2 Å². The van der Waals surface area contributed by atoms with Crippen molar-refractivity contribution in [3.8, 4) is 5.75 Å². The van der Waals surface area contributed by atoms with E-state index in [0.717, 1.165) is 12.3 Å². The Balaban J connectivity index is 2.10. The molecule has 9 heteroatoms. The van der Waals surface area contributed by atoms with E-state index in [1.807, 2.05) is 0 Å². The number of sulfone groups is 1. The van der Waals surface area contributed by atoms with Crippen molar-refractivity contribution in [2.45, 2.75) is 17.9 Å². The summed E-state index contributed by atoms with van der Waals surface area (Å²) in [6.07, 6.45) is 0.483. The lowest BCUT2D eigenvalue weighted by atomic mass is 10.2. The molecule has 2 aromatic rings. The third-order valence-corrected chi connectivity index (χ3v) is 4.44. The van der Waals surface area contributed by atoms with Crippen LogP contribution >= 0.6 is 0 Å². The first kappa shape index (κ1) is 18.7. The molecular weight excluding hydrogens is 351 g/mol. The minimum absolute atomic E-state index is 0.109. The highest BCUT2D eigenvalue weighted by Gasteiger charge is 2.22. The summed E-state index contributed by atoms with van der Waals surface area (Å²) in [7, 11) is -3.76. The van der Waals surface area contributed by atoms with E-state index >= 15 is 0 Å². The van der Waals surface area contributed by atoms with Gasteiger partial charge in [0.2, 0.25) is 0 Å². The topological polar surface area (TPSA) is 98.5 Å². The molecule has 0 spiro atoms. The predicted octanol–water partition coefficient (Wildman–Crippen LogP) is 3.02. The van der Waals surface area contributed by atoms with Gasteiger partial charge in [0.15, 0.2) is 21.4 Å². The minimum atomic E-state index is -3.76. The second-order valence-electron chi connectivity index (χ2n) is 5.45. The third kappa shape index (κ3) is 4.90. The molecule has 0 aliphatic rings. The molecule has 0 aliphatic carbocycles. The lowest BCUT2D eigenvalue weighted by Crippen LogP contribution is -2.23. The molecule has 0 fully saturated rings. The summed E-state index contributed by atoms with van der Waals surface area (Å²) in [5.74, 6) is -0.374.